The minimum absolute atomic E-state index is 0.0183. The Bertz CT molecular complexity index is 2220. The number of imide groups is 1. The van der Waals surface area contributed by atoms with E-state index in [9.17, 15) is 28.8 Å². The van der Waals surface area contributed by atoms with Crippen molar-refractivity contribution in [1.29, 1.82) is 0 Å². The van der Waals surface area contributed by atoms with Gasteiger partial charge in [0.15, 0.2) is 11.5 Å². The van der Waals surface area contributed by atoms with Gasteiger partial charge in [-0.3, -0.25) is 28.9 Å². The summed E-state index contributed by atoms with van der Waals surface area (Å²) in [7, 11) is 1.80. The van der Waals surface area contributed by atoms with Gasteiger partial charge < -0.3 is 55.9 Å². The highest BCUT2D eigenvalue weighted by molar-refractivity contribution is 6.25. The third-order valence-corrected chi connectivity index (χ3v) is 11.2. The predicted octanol–water partition coefficient (Wildman–Crippen LogP) is 1.94. The molecule has 5 heterocycles. The van der Waals surface area contributed by atoms with E-state index in [1.807, 2.05) is 4.90 Å². The predicted molar refractivity (Wildman–Crippen MR) is 231 cm³/mol. The van der Waals surface area contributed by atoms with Crippen molar-refractivity contribution < 1.29 is 43.0 Å². The van der Waals surface area contributed by atoms with Gasteiger partial charge in [0.05, 0.1) is 63.0 Å². The van der Waals surface area contributed by atoms with Crippen LogP contribution in [0.3, 0.4) is 0 Å². The van der Waals surface area contributed by atoms with Gasteiger partial charge in [-0.15, -0.1) is 0 Å². The number of nitrogens with two attached hydrogens (primary N) is 1. The molecular formula is C43H53N11O9. The number of carbonyl (C=O) groups is 6. The summed E-state index contributed by atoms with van der Waals surface area (Å²) in [6.45, 7) is 9.07. The van der Waals surface area contributed by atoms with Gasteiger partial charge in [-0.25, -0.2) is 14.8 Å². The summed E-state index contributed by atoms with van der Waals surface area (Å²) in [6.07, 6.45) is 4.12. The lowest BCUT2D eigenvalue weighted by molar-refractivity contribution is -0.125. The summed E-state index contributed by atoms with van der Waals surface area (Å²) in [4.78, 5) is 92.3. The number of amides is 7. The summed E-state index contributed by atoms with van der Waals surface area (Å²) in [5.74, 6) is -1.66. The molecule has 7 amide bonds. The molecule has 0 bridgehead atoms. The number of likely N-dealkylation sites (N-methyl/N-ethyl adjacent to an activating group) is 1. The van der Waals surface area contributed by atoms with Crippen LogP contribution in [0.2, 0.25) is 0 Å². The third-order valence-electron chi connectivity index (χ3n) is 11.2. The Hall–Kier alpha value is -6.64. The lowest BCUT2D eigenvalue weighted by atomic mass is 10.0. The molecule has 2 aromatic carbocycles. The molecule has 3 aromatic rings. The second-order valence-corrected chi connectivity index (χ2v) is 15.5. The van der Waals surface area contributed by atoms with Crippen LogP contribution in [0, 0.1) is 0 Å². The highest BCUT2D eigenvalue weighted by Crippen LogP contribution is 2.33. The van der Waals surface area contributed by atoms with E-state index in [0.29, 0.717) is 101 Å². The number of rotatable bonds is 20. The molecule has 2 atom stereocenters. The second-order valence-electron chi connectivity index (χ2n) is 15.5. The summed E-state index contributed by atoms with van der Waals surface area (Å²) in [5, 5.41) is 11.7. The van der Waals surface area contributed by atoms with Crippen molar-refractivity contribution in [2.75, 3.05) is 101 Å². The number of aromatic nitrogens is 2. The number of nitrogens with one attached hydrogen (secondary N) is 4. The number of ether oxygens (including phenoxy) is 3. The third kappa shape index (κ3) is 10.5. The average molecular weight is 868 g/mol. The van der Waals surface area contributed by atoms with Crippen LogP contribution in [0.5, 0.6) is 0 Å². The minimum Gasteiger partial charge on any atom is -0.382 e. The summed E-state index contributed by atoms with van der Waals surface area (Å²) >= 11 is 0. The first-order valence-corrected chi connectivity index (χ1v) is 21.1. The van der Waals surface area contributed by atoms with E-state index >= 15 is 0 Å². The van der Waals surface area contributed by atoms with Gasteiger partial charge in [-0.1, -0.05) is 12.6 Å². The summed E-state index contributed by atoms with van der Waals surface area (Å²) in [5.41, 5.74) is 8.18. The number of hydrogen-bond donors (Lipinski definition) is 5. The molecule has 20 heteroatoms. The molecule has 4 aliphatic heterocycles. The van der Waals surface area contributed by atoms with Gasteiger partial charge in [-0.2, -0.15) is 0 Å². The molecule has 63 heavy (non-hydrogen) atoms. The average Bonchev–Trinajstić information content (AvgIpc) is 3.75. The fourth-order valence-electron chi connectivity index (χ4n) is 7.95. The molecule has 3 fully saturated rings. The maximum absolute atomic E-state index is 13.3. The Labute approximate surface area is 364 Å². The highest BCUT2D eigenvalue weighted by atomic mass is 16.5. The largest absolute Gasteiger partial charge is 0.382 e. The van der Waals surface area contributed by atoms with E-state index in [1.54, 1.807) is 54.4 Å². The minimum atomic E-state index is -0.876. The van der Waals surface area contributed by atoms with Crippen molar-refractivity contribution in [3.8, 4) is 0 Å². The number of primary amides is 1. The molecule has 0 radical (unpaired) electrons. The normalized spacial score (nSPS) is 18.8. The van der Waals surface area contributed by atoms with Crippen molar-refractivity contribution in [1.82, 2.24) is 35.3 Å². The number of urea groups is 1. The van der Waals surface area contributed by atoms with Crippen molar-refractivity contribution in [3.63, 3.8) is 0 Å². The van der Waals surface area contributed by atoms with Crippen molar-refractivity contribution in [3.05, 3.63) is 83.3 Å². The molecule has 4 aliphatic rings. The van der Waals surface area contributed by atoms with E-state index in [2.05, 4.69) is 37.7 Å². The Kier molecular flexibility index (Phi) is 14.4. The zero-order chi connectivity index (χ0) is 44.5. The maximum atomic E-state index is 13.3. The molecule has 1 aromatic heterocycles. The fraction of sp³-hybridized carbons (Fsp3) is 0.442. The van der Waals surface area contributed by atoms with Crippen LogP contribution in [0.4, 0.5) is 27.8 Å². The number of benzene rings is 2. The Morgan fingerprint density at radius 1 is 0.905 bits per heavy atom. The van der Waals surface area contributed by atoms with Gasteiger partial charge >= 0.3 is 6.03 Å². The number of hydrogen-bond acceptors (Lipinski definition) is 14. The van der Waals surface area contributed by atoms with E-state index in [4.69, 9.17) is 24.9 Å². The molecule has 0 spiro atoms. The lowest BCUT2D eigenvalue weighted by Crippen LogP contribution is -2.51. The zero-order valence-electron chi connectivity index (χ0n) is 35.2. The molecule has 0 saturated carbocycles. The molecule has 6 N–H and O–H groups in total. The number of piperidine rings is 2. The highest BCUT2D eigenvalue weighted by Gasteiger charge is 2.45. The van der Waals surface area contributed by atoms with Gasteiger partial charge in [0, 0.05) is 69.0 Å². The number of fused-ring (bicyclic) bond motifs is 1. The van der Waals surface area contributed by atoms with Crippen LogP contribution in [-0.4, -0.2) is 158 Å². The van der Waals surface area contributed by atoms with Crippen molar-refractivity contribution in [2.45, 2.75) is 37.8 Å². The van der Waals surface area contributed by atoms with Gasteiger partial charge in [-0.05, 0) is 62.1 Å². The molecule has 20 nitrogen and oxygen atoms in total. The Morgan fingerprint density at radius 3 is 2.33 bits per heavy atom. The first kappa shape index (κ1) is 44.4. The van der Waals surface area contributed by atoms with Crippen molar-refractivity contribution in [2.24, 2.45) is 5.73 Å². The first-order chi connectivity index (χ1) is 30.5. The number of carbonyl (C=O) groups excluding carboxylic acids is 6. The first-order valence-electron chi connectivity index (χ1n) is 21.1. The Balaban J connectivity index is 0.758. The van der Waals surface area contributed by atoms with E-state index in [1.165, 1.54) is 6.20 Å². The quantitative estimate of drug-likeness (QED) is 0.0806. The van der Waals surface area contributed by atoms with Crippen LogP contribution in [0.15, 0.2) is 60.9 Å². The Morgan fingerprint density at radius 2 is 1.63 bits per heavy atom. The van der Waals surface area contributed by atoms with Crippen LogP contribution < -0.4 is 31.9 Å². The standard InChI is InChI=1S/C43H53N11O9/c1-27-8-13-33(40(57)48-27)54-41(58)31-6-3-7-32(35(31)42(54)59)45-14-19-61-21-23-63-24-22-62-20-15-46-39(56)28-9-11-29(12-10-28)49-38-36(37(44)55)47-25-34(50-38)52-16-4-5-30(26-52)53-18-17-51(2)43(53)60/h3,6-7,9-12,25,30,33,45H,1,4-5,8,13-24,26H2,2H3,(H2,44,55)(H,46,56)(H,48,57)(H,49,50)/t30-,33?/m1/s1. The molecule has 334 valence electrons. The molecule has 7 rings (SSSR count). The van der Waals surface area contributed by atoms with Crippen LogP contribution in [0.25, 0.3) is 0 Å². The smallest absolute Gasteiger partial charge is 0.320 e. The fourth-order valence-corrected chi connectivity index (χ4v) is 7.95. The SMILES string of the molecule is C=C1CCC(N2C(=O)c3cccc(NCCOCCOCCOCCNC(=O)c4ccc(Nc5nc(N6CCC[C@@H](N7CCN(C)C7=O)C6)cnc5C(N)=O)cc4)c3C2=O)C(=O)N1. The van der Waals surface area contributed by atoms with Gasteiger partial charge in [0.2, 0.25) is 5.91 Å². The number of nitrogens with zero attached hydrogens (tertiary/aromatic N) is 6. The van der Waals surface area contributed by atoms with Crippen LogP contribution >= 0.6 is 0 Å². The number of allylic oxidation sites excluding steroid dienone is 1. The molecule has 3 saturated heterocycles. The summed E-state index contributed by atoms with van der Waals surface area (Å²) in [6, 6.07) is 10.9. The summed E-state index contributed by atoms with van der Waals surface area (Å²) < 4.78 is 16.8. The lowest BCUT2D eigenvalue weighted by Gasteiger charge is -2.37. The molecular weight excluding hydrogens is 815 g/mol. The monoisotopic (exact) mass is 867 g/mol. The van der Waals surface area contributed by atoms with Gasteiger partial charge in [0.1, 0.15) is 11.9 Å². The van der Waals surface area contributed by atoms with Crippen LogP contribution in [0.1, 0.15) is 67.2 Å². The number of anilines is 4. The van der Waals surface area contributed by atoms with Gasteiger partial charge in [0.25, 0.3) is 23.6 Å². The van der Waals surface area contributed by atoms with E-state index < -0.39 is 29.7 Å². The van der Waals surface area contributed by atoms with Crippen molar-refractivity contribution >= 4 is 58.6 Å². The van der Waals surface area contributed by atoms with E-state index in [0.717, 1.165) is 24.3 Å². The zero-order valence-corrected chi connectivity index (χ0v) is 35.2. The molecule has 0 aliphatic carbocycles. The van der Waals surface area contributed by atoms with Crippen LogP contribution in [-0.2, 0) is 19.0 Å². The molecule has 1 unspecified atom stereocenters. The second kappa shape index (κ2) is 20.5. The topological polar surface area (TPSA) is 243 Å². The maximum Gasteiger partial charge on any atom is 0.320 e. The van der Waals surface area contributed by atoms with E-state index in [-0.39, 0.29) is 53.8 Å².